The molecule has 3 rings (SSSR count). The third-order valence-electron chi connectivity index (χ3n) is 5.99. The second kappa shape index (κ2) is 12.3. The maximum atomic E-state index is 13.3. The number of hydrogen-bond acceptors (Lipinski definition) is 7. The van der Waals surface area contributed by atoms with Gasteiger partial charge in [0.15, 0.2) is 0 Å². The van der Waals surface area contributed by atoms with Gasteiger partial charge in [-0.1, -0.05) is 26.8 Å². The highest BCUT2D eigenvalue weighted by molar-refractivity contribution is 5.97. The van der Waals surface area contributed by atoms with Gasteiger partial charge in [-0.2, -0.15) is 10.2 Å². The van der Waals surface area contributed by atoms with Crippen molar-refractivity contribution in [2.24, 2.45) is 15.6 Å². The molecule has 0 saturated carbocycles. The second-order valence-corrected chi connectivity index (χ2v) is 11.7. The van der Waals surface area contributed by atoms with Gasteiger partial charge in [-0.15, -0.1) is 0 Å². The summed E-state index contributed by atoms with van der Waals surface area (Å²) in [6.45, 7) is 13.0. The second-order valence-electron chi connectivity index (χ2n) is 11.7. The van der Waals surface area contributed by atoms with Crippen LogP contribution >= 0.6 is 0 Å². The third-order valence-corrected chi connectivity index (χ3v) is 5.99. The molecule has 38 heavy (non-hydrogen) atoms. The van der Waals surface area contributed by atoms with E-state index in [1.165, 1.54) is 0 Å². The fourth-order valence-electron chi connectivity index (χ4n) is 4.04. The van der Waals surface area contributed by atoms with Gasteiger partial charge < -0.3 is 25.0 Å². The Bertz CT molecular complexity index is 1140. The quantitative estimate of drug-likeness (QED) is 0.388. The normalized spacial score (nSPS) is 17.7. The van der Waals surface area contributed by atoms with Gasteiger partial charge in [0, 0.05) is 19.3 Å². The van der Waals surface area contributed by atoms with Crippen LogP contribution in [0.5, 0.6) is 5.75 Å². The smallest absolute Gasteiger partial charge is 0.410 e. The maximum absolute atomic E-state index is 13.3. The van der Waals surface area contributed by atoms with Gasteiger partial charge in [0.1, 0.15) is 17.5 Å². The molecule has 1 aromatic rings. The van der Waals surface area contributed by atoms with Crippen LogP contribution in [-0.4, -0.2) is 54.8 Å². The summed E-state index contributed by atoms with van der Waals surface area (Å²) in [5.74, 6) is 0.202. The monoisotopic (exact) mass is 523 g/mol. The van der Waals surface area contributed by atoms with Crippen molar-refractivity contribution in [3.8, 4) is 5.75 Å². The van der Waals surface area contributed by atoms with Gasteiger partial charge >= 0.3 is 6.09 Å². The number of dihydropyridines is 1. The molecule has 2 heterocycles. The fourth-order valence-corrected chi connectivity index (χ4v) is 4.04. The summed E-state index contributed by atoms with van der Waals surface area (Å²) in [4.78, 5) is 27.5. The van der Waals surface area contributed by atoms with Crippen LogP contribution in [-0.2, 0) is 17.7 Å². The summed E-state index contributed by atoms with van der Waals surface area (Å²) < 4.78 is 11.1. The molecule has 2 N–H and O–H groups in total. The molecule has 2 amide bonds. The highest BCUT2D eigenvalue weighted by Crippen LogP contribution is 2.29. The van der Waals surface area contributed by atoms with Crippen LogP contribution in [0.2, 0.25) is 0 Å². The number of nitrogens with zero attached hydrogens (tertiary/aromatic N) is 3. The van der Waals surface area contributed by atoms with E-state index in [0.29, 0.717) is 30.8 Å². The number of ether oxygens (including phenoxy) is 2. The molecule has 9 heteroatoms. The molecule has 1 atom stereocenters. The number of allylic oxidation sites excluding steroid dienone is 3. The lowest BCUT2D eigenvalue weighted by Crippen LogP contribution is -2.45. The first-order chi connectivity index (χ1) is 17.8. The molecule has 0 saturated heterocycles. The van der Waals surface area contributed by atoms with E-state index < -0.39 is 11.8 Å². The van der Waals surface area contributed by atoms with Crippen LogP contribution in [0.1, 0.15) is 75.9 Å². The number of carbonyl (C=O) groups excluding carboxylic acids is 2. The minimum Gasteiger partial charge on any atom is -0.496 e. The molecule has 9 nitrogen and oxygen atoms in total. The number of carbonyl (C=O) groups is 2. The minimum atomic E-state index is -0.570. The van der Waals surface area contributed by atoms with Crippen LogP contribution in [0.3, 0.4) is 0 Å². The van der Waals surface area contributed by atoms with Crippen molar-refractivity contribution in [3.63, 3.8) is 0 Å². The number of benzene rings is 1. The van der Waals surface area contributed by atoms with Crippen LogP contribution in [0, 0.1) is 5.41 Å². The zero-order valence-corrected chi connectivity index (χ0v) is 23.6. The largest absolute Gasteiger partial charge is 0.496 e. The molecule has 0 bridgehead atoms. The first kappa shape index (κ1) is 28.9. The van der Waals surface area contributed by atoms with Gasteiger partial charge in [-0.05, 0) is 80.9 Å². The molecule has 2 aliphatic heterocycles. The van der Waals surface area contributed by atoms with Crippen LogP contribution in [0.15, 0.2) is 46.3 Å². The summed E-state index contributed by atoms with van der Waals surface area (Å²) in [6.07, 6.45) is 10.8. The van der Waals surface area contributed by atoms with Crippen molar-refractivity contribution in [2.45, 2.75) is 79.1 Å². The van der Waals surface area contributed by atoms with E-state index in [9.17, 15) is 9.59 Å². The molecule has 0 fully saturated rings. The summed E-state index contributed by atoms with van der Waals surface area (Å²) in [7, 11) is 1.55. The van der Waals surface area contributed by atoms with Crippen molar-refractivity contribution in [3.05, 3.63) is 52.7 Å². The first-order valence-corrected chi connectivity index (χ1v) is 13.0. The van der Waals surface area contributed by atoms with E-state index in [0.717, 1.165) is 29.7 Å². The van der Waals surface area contributed by atoms with Crippen LogP contribution < -0.4 is 15.4 Å². The third kappa shape index (κ3) is 8.75. The molecule has 206 valence electrons. The Balaban J connectivity index is 1.63. The number of amides is 2. The Morgan fingerprint density at radius 3 is 2.61 bits per heavy atom. The zero-order valence-electron chi connectivity index (χ0n) is 23.6. The average molecular weight is 524 g/mol. The van der Waals surface area contributed by atoms with E-state index >= 15 is 0 Å². The molecule has 0 aliphatic carbocycles. The van der Waals surface area contributed by atoms with Gasteiger partial charge in [-0.25, -0.2) is 4.79 Å². The lowest BCUT2D eigenvalue weighted by molar-refractivity contribution is 0.0224. The average Bonchev–Trinajstić information content (AvgIpc) is 2.83. The van der Waals surface area contributed by atoms with Crippen molar-refractivity contribution in [1.29, 1.82) is 0 Å². The molecule has 2 aliphatic rings. The fraction of sp³-hybridized carbons (Fsp3) is 0.517. The van der Waals surface area contributed by atoms with E-state index in [1.807, 2.05) is 51.3 Å². The van der Waals surface area contributed by atoms with E-state index in [2.05, 4.69) is 41.6 Å². The topological polar surface area (TPSA) is 105 Å². The van der Waals surface area contributed by atoms with E-state index in [4.69, 9.17) is 9.47 Å². The summed E-state index contributed by atoms with van der Waals surface area (Å²) in [5, 5.41) is 14.4. The van der Waals surface area contributed by atoms with Crippen molar-refractivity contribution >= 4 is 24.4 Å². The highest BCUT2D eigenvalue weighted by Gasteiger charge is 2.28. The van der Waals surface area contributed by atoms with Crippen molar-refractivity contribution < 1.29 is 19.1 Å². The molecule has 1 unspecified atom stereocenters. The predicted molar refractivity (Wildman–Crippen MR) is 151 cm³/mol. The highest BCUT2D eigenvalue weighted by atomic mass is 16.6. The van der Waals surface area contributed by atoms with E-state index in [-0.39, 0.29) is 17.4 Å². The van der Waals surface area contributed by atoms with Crippen molar-refractivity contribution in [2.75, 3.05) is 13.7 Å². The SMILES string of the molecule is COc1cc2c(cc1C(=O)NC1C=CC=C(C=NN=CCCC(C)(C)C)N1)CN(C(=O)OC(C)(C)C)CC2. The Morgan fingerprint density at radius 2 is 1.92 bits per heavy atom. The summed E-state index contributed by atoms with van der Waals surface area (Å²) in [5.41, 5.74) is 2.78. The summed E-state index contributed by atoms with van der Waals surface area (Å²) in [6, 6.07) is 3.69. The van der Waals surface area contributed by atoms with Crippen LogP contribution in [0.25, 0.3) is 0 Å². The molecule has 1 aromatic carbocycles. The van der Waals surface area contributed by atoms with Gasteiger partial charge in [0.25, 0.3) is 5.91 Å². The molecule has 0 aromatic heterocycles. The predicted octanol–water partition coefficient (Wildman–Crippen LogP) is 4.97. The lowest BCUT2D eigenvalue weighted by atomic mass is 9.91. The molecule has 0 radical (unpaired) electrons. The molecular formula is C29H41N5O4. The number of rotatable bonds is 7. The standard InChI is InChI=1S/C29H41N5O4/c1-28(2,3)13-9-14-30-31-18-22-10-8-11-25(32-22)33-26(35)23-16-21-19-34(27(36)38-29(4,5)6)15-12-20(21)17-24(23)37-7/h8,10-11,14,16-18,25,32H,9,12-13,15,19H2,1-7H3,(H,33,35). The lowest BCUT2D eigenvalue weighted by Gasteiger charge is -2.31. The molecular weight excluding hydrogens is 482 g/mol. The number of hydrogen-bond donors (Lipinski definition) is 2. The Labute approximate surface area is 226 Å². The van der Waals surface area contributed by atoms with Crippen molar-refractivity contribution in [1.82, 2.24) is 15.5 Å². The Hall–Kier alpha value is -3.62. The van der Waals surface area contributed by atoms with Gasteiger partial charge in [0.05, 0.1) is 24.6 Å². The number of fused-ring (bicyclic) bond motifs is 1. The Morgan fingerprint density at radius 1 is 1.16 bits per heavy atom. The number of nitrogens with one attached hydrogen (secondary N) is 2. The first-order valence-electron chi connectivity index (χ1n) is 13.0. The summed E-state index contributed by atoms with van der Waals surface area (Å²) >= 11 is 0. The van der Waals surface area contributed by atoms with E-state index in [1.54, 1.807) is 24.3 Å². The van der Waals surface area contributed by atoms with Crippen LogP contribution in [0.4, 0.5) is 4.79 Å². The number of methoxy groups -OCH3 is 1. The minimum absolute atomic E-state index is 0.262. The van der Waals surface area contributed by atoms with Gasteiger partial charge in [-0.3, -0.25) is 4.79 Å². The Kier molecular flexibility index (Phi) is 9.36. The zero-order chi connectivity index (χ0) is 27.9. The molecule has 0 spiro atoms. The maximum Gasteiger partial charge on any atom is 0.410 e. The van der Waals surface area contributed by atoms with Gasteiger partial charge in [0.2, 0.25) is 0 Å².